The summed E-state index contributed by atoms with van der Waals surface area (Å²) < 4.78 is 46.7. The summed E-state index contributed by atoms with van der Waals surface area (Å²) in [5.41, 5.74) is 14.7. The highest BCUT2D eigenvalue weighted by Gasteiger charge is 2.46. The summed E-state index contributed by atoms with van der Waals surface area (Å²) in [5, 5.41) is 3.71. The molecule has 186 valence electrons. The van der Waals surface area contributed by atoms with E-state index in [1.165, 1.54) is 16.2 Å². The van der Waals surface area contributed by atoms with Gasteiger partial charge in [-0.2, -0.15) is 13.2 Å². The topological polar surface area (TPSA) is 106 Å². The van der Waals surface area contributed by atoms with E-state index in [-0.39, 0.29) is 37.6 Å². The van der Waals surface area contributed by atoms with Gasteiger partial charge in [-0.3, -0.25) is 4.79 Å². The van der Waals surface area contributed by atoms with E-state index in [1.54, 1.807) is 18.2 Å². The second-order valence-electron chi connectivity index (χ2n) is 9.17. The monoisotopic (exact) mass is 505 g/mol. The number of nitrogen functional groups attached to an aromatic ring is 1. The van der Waals surface area contributed by atoms with Crippen molar-refractivity contribution in [2.24, 2.45) is 5.73 Å². The first kappa shape index (κ1) is 23.7. The number of aryl methyl sites for hydroxylation is 1. The lowest BCUT2D eigenvalue weighted by Crippen LogP contribution is -2.54. The lowest BCUT2D eigenvalue weighted by atomic mass is 9.96. The van der Waals surface area contributed by atoms with Gasteiger partial charge in [0.05, 0.1) is 11.7 Å². The second-order valence-corrected chi connectivity index (χ2v) is 10.2. The van der Waals surface area contributed by atoms with Crippen molar-refractivity contribution in [2.45, 2.75) is 50.5 Å². The van der Waals surface area contributed by atoms with E-state index in [0.717, 1.165) is 16.6 Å². The molecule has 3 aromatic rings. The Kier molecular flexibility index (Phi) is 6.00. The van der Waals surface area contributed by atoms with Gasteiger partial charge in [-0.05, 0) is 49.9 Å². The van der Waals surface area contributed by atoms with Crippen molar-refractivity contribution in [2.75, 3.05) is 23.8 Å². The number of carbonyl (C=O) groups is 1. The third kappa shape index (κ3) is 4.62. The van der Waals surface area contributed by atoms with Gasteiger partial charge in [0.15, 0.2) is 0 Å². The Morgan fingerprint density at radius 3 is 2.83 bits per heavy atom. The minimum Gasteiger partial charge on any atom is -0.491 e. The number of hydrogen-bond acceptors (Lipinski definition) is 7. The van der Waals surface area contributed by atoms with Gasteiger partial charge in [-0.25, -0.2) is 4.98 Å². The number of pyridine rings is 1. The van der Waals surface area contributed by atoms with Crippen LogP contribution in [0.3, 0.4) is 0 Å². The Morgan fingerprint density at radius 2 is 2.06 bits per heavy atom. The number of fused-ring (bicyclic) bond motifs is 2. The van der Waals surface area contributed by atoms with Crippen molar-refractivity contribution >= 4 is 38.8 Å². The number of hydrogen-bond donors (Lipinski definition) is 3. The van der Waals surface area contributed by atoms with Crippen molar-refractivity contribution in [3.8, 4) is 5.75 Å². The second kappa shape index (κ2) is 8.87. The third-order valence-corrected chi connectivity index (χ3v) is 7.67. The van der Waals surface area contributed by atoms with Gasteiger partial charge in [-0.15, -0.1) is 11.3 Å². The summed E-state index contributed by atoms with van der Waals surface area (Å²) >= 11 is 1.24. The number of rotatable bonds is 3. The number of ether oxygens (including phenoxy) is 1. The fraction of sp³-hybridized carbons (Fsp3) is 0.417. The highest BCUT2D eigenvalue weighted by atomic mass is 32.1. The zero-order chi connectivity index (χ0) is 24.9. The predicted molar refractivity (Wildman–Crippen MR) is 130 cm³/mol. The Balaban J connectivity index is 1.31. The maximum Gasteiger partial charge on any atom is 0.408 e. The lowest BCUT2D eigenvalue weighted by Gasteiger charge is -2.41. The maximum atomic E-state index is 13.6. The van der Waals surface area contributed by atoms with Gasteiger partial charge in [0.1, 0.15) is 28.1 Å². The highest BCUT2D eigenvalue weighted by molar-refractivity contribution is 7.21. The van der Waals surface area contributed by atoms with Gasteiger partial charge in [0.2, 0.25) is 0 Å². The highest BCUT2D eigenvalue weighted by Crippen LogP contribution is 2.38. The van der Waals surface area contributed by atoms with Crippen LogP contribution in [-0.2, 0) is 6.42 Å². The molecule has 1 aromatic carbocycles. The average Bonchev–Trinajstić information content (AvgIpc) is 3.13. The van der Waals surface area contributed by atoms with Crippen LogP contribution < -0.4 is 26.4 Å². The molecule has 1 amide bonds. The van der Waals surface area contributed by atoms with Gasteiger partial charge in [0.25, 0.3) is 5.91 Å². The Morgan fingerprint density at radius 1 is 1.26 bits per heavy atom. The number of carbonyl (C=O) groups excluding carboxylic acids is 1. The molecule has 0 radical (unpaired) electrons. The molecule has 5 N–H and O–H groups in total. The number of aromatic nitrogens is 1. The molecule has 0 unspecified atom stereocenters. The van der Waals surface area contributed by atoms with Gasteiger partial charge in [0, 0.05) is 35.4 Å². The van der Waals surface area contributed by atoms with Crippen LogP contribution in [0.25, 0.3) is 10.2 Å². The molecule has 5 rings (SSSR count). The summed E-state index contributed by atoms with van der Waals surface area (Å²) in [6.45, 7) is 2.21. The Hall–Kier alpha value is -3.05. The quantitative estimate of drug-likeness (QED) is 0.500. The summed E-state index contributed by atoms with van der Waals surface area (Å²) in [6.07, 6.45) is -3.54. The van der Waals surface area contributed by atoms with Crippen molar-refractivity contribution in [3.63, 3.8) is 0 Å². The van der Waals surface area contributed by atoms with Crippen molar-refractivity contribution in [1.29, 1.82) is 0 Å². The van der Waals surface area contributed by atoms with Crippen LogP contribution in [0.5, 0.6) is 5.75 Å². The molecule has 0 aliphatic carbocycles. The number of nitrogens with one attached hydrogen (secondary N) is 1. The van der Waals surface area contributed by atoms with E-state index in [4.69, 9.17) is 16.2 Å². The van der Waals surface area contributed by atoms with Crippen LogP contribution in [0.2, 0.25) is 0 Å². The number of amides is 1. The molecule has 11 heteroatoms. The largest absolute Gasteiger partial charge is 0.491 e. The predicted octanol–water partition coefficient (Wildman–Crippen LogP) is 3.78. The van der Waals surface area contributed by atoms with Crippen LogP contribution in [0.1, 0.15) is 33.8 Å². The van der Waals surface area contributed by atoms with Gasteiger partial charge in [-0.1, -0.05) is 6.07 Å². The number of nitrogens with two attached hydrogens (primary N) is 2. The molecule has 35 heavy (non-hydrogen) atoms. The van der Waals surface area contributed by atoms with Crippen molar-refractivity contribution in [3.05, 3.63) is 46.5 Å². The minimum atomic E-state index is -4.34. The zero-order valence-corrected chi connectivity index (χ0v) is 19.9. The molecule has 1 saturated heterocycles. The van der Waals surface area contributed by atoms with Crippen LogP contribution in [-0.4, -0.2) is 48.3 Å². The molecule has 4 heterocycles. The van der Waals surface area contributed by atoms with E-state index < -0.39 is 12.2 Å². The van der Waals surface area contributed by atoms with E-state index in [2.05, 4.69) is 10.3 Å². The molecule has 0 saturated carbocycles. The lowest BCUT2D eigenvalue weighted by molar-refractivity contribution is -0.153. The van der Waals surface area contributed by atoms with Crippen molar-refractivity contribution < 1.29 is 22.7 Å². The molecule has 0 bridgehead atoms. The number of halogens is 3. The standard InChI is InChI=1S/C24H26F3N5O2S/c1-12-2-6-17-20(29)21(35-23(17)30-12)22(33)31-15-8-13-3-5-16(9-18(13)34-11-15)32-10-14(28)4-7-19(32)24(25,26)27/h2-3,5-6,9,14-15,19H,4,7-8,10-11,28-29H2,1H3,(H,31,33)/t14-,15-,19+/m1/s1. The third-order valence-electron chi connectivity index (χ3n) is 6.56. The Bertz CT molecular complexity index is 1280. The number of benzene rings is 1. The van der Waals surface area contributed by atoms with Gasteiger partial charge >= 0.3 is 6.18 Å². The smallest absolute Gasteiger partial charge is 0.408 e. The molecule has 2 aliphatic heterocycles. The van der Waals surface area contributed by atoms with E-state index in [1.807, 2.05) is 19.1 Å². The number of thiophene rings is 1. The normalized spacial score (nSPS) is 22.5. The fourth-order valence-electron chi connectivity index (χ4n) is 4.77. The number of anilines is 2. The van der Waals surface area contributed by atoms with E-state index in [9.17, 15) is 18.0 Å². The van der Waals surface area contributed by atoms with E-state index in [0.29, 0.717) is 39.7 Å². The molecular weight excluding hydrogens is 479 g/mol. The van der Waals surface area contributed by atoms with Crippen LogP contribution in [0, 0.1) is 6.92 Å². The molecule has 0 spiro atoms. The number of nitrogens with zero attached hydrogens (tertiary/aromatic N) is 2. The van der Waals surface area contributed by atoms with E-state index >= 15 is 0 Å². The summed E-state index contributed by atoms with van der Waals surface area (Å²) in [7, 11) is 0. The maximum absolute atomic E-state index is 13.6. The van der Waals surface area contributed by atoms with Crippen molar-refractivity contribution in [1.82, 2.24) is 10.3 Å². The Labute approximate surface area is 204 Å². The first-order chi connectivity index (χ1) is 16.6. The first-order valence-corrected chi connectivity index (χ1v) is 12.2. The van der Waals surface area contributed by atoms with Crippen LogP contribution in [0.4, 0.5) is 24.5 Å². The molecule has 1 fully saturated rings. The fourth-order valence-corrected chi connectivity index (χ4v) is 5.81. The number of piperidine rings is 1. The molecular formula is C24H26F3N5O2S. The van der Waals surface area contributed by atoms with Gasteiger partial charge < -0.3 is 26.4 Å². The SMILES string of the molecule is Cc1ccc2c(N)c(C(=O)N[C@H]3COc4cc(N5C[C@H](N)CC[C@H]5C(F)(F)F)ccc4C3)sc2n1. The summed E-state index contributed by atoms with van der Waals surface area (Å²) in [5.74, 6) is 0.223. The first-order valence-electron chi connectivity index (χ1n) is 11.4. The average molecular weight is 506 g/mol. The molecule has 3 atom stereocenters. The summed E-state index contributed by atoms with van der Waals surface area (Å²) in [6, 6.07) is 6.59. The molecule has 7 nitrogen and oxygen atoms in total. The summed E-state index contributed by atoms with van der Waals surface area (Å²) in [4.78, 5) is 19.8. The molecule has 2 aromatic heterocycles. The molecule has 2 aliphatic rings. The zero-order valence-electron chi connectivity index (χ0n) is 19.1. The van der Waals surface area contributed by atoms with Crippen LogP contribution in [0.15, 0.2) is 30.3 Å². The van der Waals surface area contributed by atoms with Crippen LogP contribution >= 0.6 is 11.3 Å². The minimum absolute atomic E-state index is 0.0351. The number of alkyl halides is 3.